The Bertz CT molecular complexity index is 40.3. The molecule has 9 heavy (non-hydrogen) atoms. The number of ether oxygens (including phenoxy) is 2. The van der Waals surface area contributed by atoms with E-state index < -0.39 is 0 Å². The van der Waals surface area contributed by atoms with Crippen molar-refractivity contribution in [3.8, 4) is 0 Å². The smallest absolute Gasteiger partial charge is 0.335 e. The van der Waals surface area contributed by atoms with E-state index in [1.807, 2.05) is 0 Å². The summed E-state index contributed by atoms with van der Waals surface area (Å²) >= 11 is 9.53. The van der Waals surface area contributed by atoms with Crippen LogP contribution in [0.2, 0.25) is 0 Å². The van der Waals surface area contributed by atoms with E-state index in [0.717, 1.165) is 26.4 Å². The van der Waals surface area contributed by atoms with Gasteiger partial charge in [-0.1, -0.05) is 0 Å². The zero-order chi connectivity index (χ0) is 6.95. The van der Waals surface area contributed by atoms with Crippen molar-refractivity contribution in [2.45, 2.75) is 0 Å². The van der Waals surface area contributed by atoms with E-state index in [0.29, 0.717) is 0 Å². The van der Waals surface area contributed by atoms with Gasteiger partial charge in [0, 0.05) is 0 Å². The molecule has 1 aliphatic rings. The lowest BCUT2D eigenvalue weighted by molar-refractivity contribution is -0.0334. The third-order valence-electron chi connectivity index (χ3n) is 0.744. The number of hydrogen-bond donors (Lipinski definition) is 0. The van der Waals surface area contributed by atoms with Gasteiger partial charge in [0.2, 0.25) is 0 Å². The van der Waals surface area contributed by atoms with Gasteiger partial charge in [0.1, 0.15) is 0 Å². The van der Waals surface area contributed by atoms with Crippen molar-refractivity contribution in [1.82, 2.24) is 0 Å². The third-order valence-corrected chi connectivity index (χ3v) is 0.744. The molecule has 5 heteroatoms. The van der Waals surface area contributed by atoms with Crippen molar-refractivity contribution in [1.29, 1.82) is 0 Å². The van der Waals surface area contributed by atoms with E-state index in [1.54, 1.807) is 0 Å². The summed E-state index contributed by atoms with van der Waals surface area (Å²) in [6.45, 7) is 3.11. The summed E-state index contributed by atoms with van der Waals surface area (Å²) in [5, 5.41) is 0. The highest BCUT2D eigenvalue weighted by Crippen LogP contribution is 1.85. The van der Waals surface area contributed by atoms with Crippen LogP contribution in [0.1, 0.15) is 0 Å². The van der Waals surface area contributed by atoms with Crippen molar-refractivity contribution in [2.75, 3.05) is 26.4 Å². The predicted molar refractivity (Wildman–Crippen MR) is 40.5 cm³/mol. The van der Waals surface area contributed by atoms with Gasteiger partial charge in [0.25, 0.3) is 0 Å². The van der Waals surface area contributed by atoms with Crippen molar-refractivity contribution in [2.24, 2.45) is 0 Å². The monoisotopic (exact) mass is 170 g/mol. The third kappa shape index (κ3) is 8.56. The van der Waals surface area contributed by atoms with Crippen LogP contribution in [0.3, 0.4) is 0 Å². The summed E-state index contributed by atoms with van der Waals surface area (Å²) in [5.41, 5.74) is 0. The molecule has 1 saturated heterocycles. The Balaban J connectivity index is 0.000000187. The zero-order valence-corrected chi connectivity index (χ0v) is 6.62. The highest BCUT2D eigenvalue weighted by atomic mass is 35.5. The first kappa shape index (κ1) is 9.56. The first-order valence-electron chi connectivity index (χ1n) is 2.69. The summed E-state index contributed by atoms with van der Waals surface area (Å²) < 4.78 is 9.89. The van der Waals surface area contributed by atoms with Crippen LogP contribution in [0.4, 0.5) is 0 Å². The van der Waals surface area contributed by atoms with Crippen LogP contribution in [-0.2, 0) is 9.47 Å². The van der Waals surface area contributed by atoms with E-state index in [2.05, 4.69) is 0 Å². The second-order valence-electron chi connectivity index (χ2n) is 1.33. The Hall–Kier alpha value is 0.565. The zero-order valence-electron chi connectivity index (χ0n) is 5.11. The van der Waals surface area contributed by atoms with Crippen LogP contribution >= 0.6 is 22.9 Å². The number of hydrogen-bond acceptors (Lipinski definition) is 2. The van der Waals surface area contributed by atoms with E-state index in [4.69, 9.17) is 32.4 Å². The minimum Gasteiger partial charge on any atom is -0.377 e. The molecule has 1 aliphatic heterocycles. The lowest BCUT2D eigenvalue weighted by Crippen LogP contribution is -2.16. The van der Waals surface area contributed by atoms with Crippen LogP contribution in [0.5, 0.6) is 0 Å². The summed E-state index contributed by atoms with van der Waals surface area (Å²) in [6, 6.07) is 0. The van der Waals surface area contributed by atoms with Crippen molar-refractivity contribution >= 4 is 29.0 Å². The molecule has 0 unspecified atom stereocenters. The maximum atomic E-state index is 4.94. The molecule has 0 aromatic heterocycles. The normalized spacial score (nSPS) is 17.6. The van der Waals surface area contributed by atoms with E-state index in [-0.39, 0.29) is 6.11 Å². The topological polar surface area (TPSA) is 18.5 Å². The van der Waals surface area contributed by atoms with Gasteiger partial charge in [0.15, 0.2) is 0 Å². The van der Waals surface area contributed by atoms with Gasteiger partial charge in [-0.15, -0.1) is 0 Å². The summed E-state index contributed by atoms with van der Waals surface area (Å²) in [4.78, 5) is 0. The maximum Gasteiger partial charge on any atom is 0.335 e. The molecule has 54 valence electrons. The molecule has 0 radical (unpaired) electrons. The van der Waals surface area contributed by atoms with Crippen molar-refractivity contribution in [3.05, 3.63) is 0 Å². The fraction of sp³-hybridized carbons (Fsp3) is 1.00. The Kier molecular flexibility index (Phi) is 9.10. The average Bonchev–Trinajstić information content (AvgIpc) is 1.93. The molecule has 0 saturated carbocycles. The van der Waals surface area contributed by atoms with Crippen LogP contribution in [0.25, 0.3) is 0 Å². The highest BCUT2D eigenvalue weighted by Gasteiger charge is 1.94. The number of rotatable bonds is 0. The van der Waals surface area contributed by atoms with E-state index >= 15 is 0 Å². The molecule has 0 aromatic carbocycles. The molecule has 1 heterocycles. The molecule has 0 aromatic rings. The Morgan fingerprint density at radius 2 is 1.11 bits per heavy atom. The van der Waals surface area contributed by atoms with Crippen molar-refractivity contribution in [3.63, 3.8) is 0 Å². The highest BCUT2D eigenvalue weighted by molar-refractivity contribution is 7.22. The van der Waals surface area contributed by atoms with Crippen LogP contribution in [-0.4, -0.2) is 32.5 Å². The maximum absolute atomic E-state index is 4.94. The summed E-state index contributed by atoms with van der Waals surface area (Å²) in [5.74, 6) is 0. The first-order chi connectivity index (χ1) is 4.41. The van der Waals surface area contributed by atoms with Crippen LogP contribution in [0.15, 0.2) is 0 Å². The quantitative estimate of drug-likeness (QED) is 0.500. The van der Waals surface area contributed by atoms with Crippen LogP contribution in [0, 0.1) is 0 Å². The number of halogens is 2. The minimum atomic E-state index is 0.194. The SMILES string of the molecule is C1COCCO1.ClBCl. The molecular weight excluding hydrogens is 162 g/mol. The Morgan fingerprint density at radius 3 is 1.22 bits per heavy atom. The Labute approximate surface area is 65.5 Å². The van der Waals surface area contributed by atoms with Crippen molar-refractivity contribution < 1.29 is 9.47 Å². The van der Waals surface area contributed by atoms with E-state index in [1.165, 1.54) is 0 Å². The standard InChI is InChI=1S/C4H8O2.BCl2H/c1-2-6-4-3-5-1;2-1-3/h1-4H2;1H. The van der Waals surface area contributed by atoms with Gasteiger partial charge in [0.05, 0.1) is 26.4 Å². The largest absolute Gasteiger partial charge is 0.377 e. The molecule has 0 aliphatic carbocycles. The summed E-state index contributed by atoms with van der Waals surface area (Å²) in [6.07, 6.45) is 0.194. The molecule has 0 bridgehead atoms. The molecule has 0 amide bonds. The second-order valence-corrected chi connectivity index (χ2v) is 2.13. The minimum absolute atomic E-state index is 0.194. The first-order valence-corrected chi connectivity index (χ1v) is 3.76. The fourth-order valence-corrected chi connectivity index (χ4v) is 0.440. The lowest BCUT2D eigenvalue weighted by Gasteiger charge is -2.09. The van der Waals surface area contributed by atoms with Gasteiger partial charge in [-0.3, -0.25) is 0 Å². The van der Waals surface area contributed by atoms with Crippen LogP contribution < -0.4 is 0 Å². The van der Waals surface area contributed by atoms with Gasteiger partial charge in [-0.2, -0.15) is 22.9 Å². The van der Waals surface area contributed by atoms with Gasteiger partial charge >= 0.3 is 6.11 Å². The molecule has 0 atom stereocenters. The average molecular weight is 171 g/mol. The predicted octanol–water partition coefficient (Wildman–Crippen LogP) is 0.764. The Morgan fingerprint density at radius 1 is 0.889 bits per heavy atom. The second kappa shape index (κ2) is 8.56. The van der Waals surface area contributed by atoms with Gasteiger partial charge in [-0.25, -0.2) is 0 Å². The molecular formula is C4H9BCl2O2. The fourth-order valence-electron chi connectivity index (χ4n) is 0.440. The molecule has 1 fully saturated rings. The lowest BCUT2D eigenvalue weighted by atomic mass is 10.6. The van der Waals surface area contributed by atoms with Gasteiger partial charge < -0.3 is 9.47 Å². The molecule has 1 rings (SSSR count). The van der Waals surface area contributed by atoms with E-state index in [9.17, 15) is 0 Å². The summed E-state index contributed by atoms with van der Waals surface area (Å²) in [7, 11) is 0. The molecule has 2 nitrogen and oxygen atoms in total. The molecule has 0 spiro atoms. The molecule has 0 N–H and O–H groups in total. The van der Waals surface area contributed by atoms with Gasteiger partial charge in [-0.05, 0) is 0 Å².